The average Bonchev–Trinajstić information content (AvgIpc) is 2.65. The van der Waals surface area contributed by atoms with Gasteiger partial charge < -0.3 is 14.2 Å². The average molecular weight is 326 g/mol. The van der Waals surface area contributed by atoms with E-state index in [1.54, 1.807) is 48.5 Å². The van der Waals surface area contributed by atoms with Crippen molar-refractivity contribution >= 4 is 17.8 Å². The smallest absolute Gasteiger partial charge is 0.337 e. The lowest BCUT2D eigenvalue weighted by molar-refractivity contribution is 0.0600. The summed E-state index contributed by atoms with van der Waals surface area (Å²) in [5.74, 6) is 0.451. The number of hydrogen-bond donors (Lipinski definition) is 0. The lowest BCUT2D eigenvalue weighted by Crippen LogP contribution is -2.00. The molecule has 5 nitrogen and oxygen atoms in total. The highest BCUT2D eigenvalue weighted by atomic mass is 16.5. The molecular formula is C19H18O5. The van der Waals surface area contributed by atoms with Crippen LogP contribution in [-0.2, 0) is 4.74 Å². The number of methoxy groups -OCH3 is 3. The van der Waals surface area contributed by atoms with Crippen LogP contribution >= 0.6 is 0 Å². The summed E-state index contributed by atoms with van der Waals surface area (Å²) in [6.07, 6.45) is 3.12. The van der Waals surface area contributed by atoms with Crippen LogP contribution in [0.2, 0.25) is 0 Å². The number of ether oxygens (including phenoxy) is 3. The summed E-state index contributed by atoms with van der Waals surface area (Å²) in [7, 11) is 4.37. The Bertz CT molecular complexity index is 760. The zero-order valence-electron chi connectivity index (χ0n) is 13.7. The largest absolute Gasteiger partial charge is 0.497 e. The third-order valence-electron chi connectivity index (χ3n) is 3.43. The van der Waals surface area contributed by atoms with Gasteiger partial charge >= 0.3 is 5.97 Å². The molecular weight excluding hydrogens is 308 g/mol. The van der Waals surface area contributed by atoms with Gasteiger partial charge in [-0.15, -0.1) is 0 Å². The number of carbonyl (C=O) groups is 2. The minimum absolute atomic E-state index is 0.206. The zero-order chi connectivity index (χ0) is 17.5. The fourth-order valence-electron chi connectivity index (χ4n) is 2.12. The second-order valence-corrected chi connectivity index (χ2v) is 4.88. The third-order valence-corrected chi connectivity index (χ3v) is 3.43. The highest BCUT2D eigenvalue weighted by Crippen LogP contribution is 2.24. The summed E-state index contributed by atoms with van der Waals surface area (Å²) in [5, 5.41) is 0. The Morgan fingerprint density at radius 1 is 0.917 bits per heavy atom. The molecule has 0 aliphatic heterocycles. The van der Waals surface area contributed by atoms with Crippen LogP contribution in [0.4, 0.5) is 0 Å². The number of rotatable bonds is 6. The maximum Gasteiger partial charge on any atom is 0.337 e. The molecule has 0 spiro atoms. The lowest BCUT2D eigenvalue weighted by atomic mass is 10.1. The Balaban J connectivity index is 2.20. The van der Waals surface area contributed by atoms with Gasteiger partial charge in [-0.2, -0.15) is 0 Å². The second kappa shape index (κ2) is 7.97. The maximum absolute atomic E-state index is 12.4. The molecule has 2 aromatic rings. The molecule has 0 saturated carbocycles. The van der Waals surface area contributed by atoms with E-state index in [9.17, 15) is 9.59 Å². The van der Waals surface area contributed by atoms with Crippen molar-refractivity contribution in [3.63, 3.8) is 0 Å². The summed E-state index contributed by atoms with van der Waals surface area (Å²) in [5.41, 5.74) is 1.66. The van der Waals surface area contributed by atoms with Gasteiger partial charge in [0.2, 0.25) is 0 Å². The van der Waals surface area contributed by atoms with E-state index in [1.165, 1.54) is 27.4 Å². The molecule has 0 aliphatic carbocycles. The minimum atomic E-state index is -0.400. The van der Waals surface area contributed by atoms with E-state index in [4.69, 9.17) is 9.47 Å². The van der Waals surface area contributed by atoms with E-state index >= 15 is 0 Å². The van der Waals surface area contributed by atoms with Gasteiger partial charge in [0.05, 0.1) is 32.5 Å². The molecule has 2 rings (SSSR count). The lowest BCUT2D eigenvalue weighted by Gasteiger charge is -2.07. The molecule has 0 atom stereocenters. The topological polar surface area (TPSA) is 61.8 Å². The van der Waals surface area contributed by atoms with E-state index in [0.29, 0.717) is 22.6 Å². The van der Waals surface area contributed by atoms with Crippen LogP contribution in [-0.4, -0.2) is 33.1 Å². The summed E-state index contributed by atoms with van der Waals surface area (Å²) >= 11 is 0. The number of carbonyl (C=O) groups excluding carboxylic acids is 2. The monoisotopic (exact) mass is 326 g/mol. The normalized spacial score (nSPS) is 10.5. The third kappa shape index (κ3) is 4.01. The number of hydrogen-bond acceptors (Lipinski definition) is 5. The van der Waals surface area contributed by atoms with Crippen molar-refractivity contribution in [2.45, 2.75) is 0 Å². The maximum atomic E-state index is 12.4. The molecule has 0 amide bonds. The van der Waals surface area contributed by atoms with Gasteiger partial charge in [-0.25, -0.2) is 4.79 Å². The van der Waals surface area contributed by atoms with Crippen LogP contribution < -0.4 is 9.47 Å². The van der Waals surface area contributed by atoms with Gasteiger partial charge in [0.25, 0.3) is 0 Å². The van der Waals surface area contributed by atoms with Crippen LogP contribution in [0.15, 0.2) is 48.5 Å². The molecule has 0 radical (unpaired) electrons. The van der Waals surface area contributed by atoms with Crippen LogP contribution in [0.5, 0.6) is 11.5 Å². The molecule has 24 heavy (non-hydrogen) atoms. The van der Waals surface area contributed by atoms with E-state index in [1.807, 2.05) is 0 Å². The molecule has 124 valence electrons. The van der Waals surface area contributed by atoms with Gasteiger partial charge in [-0.3, -0.25) is 4.79 Å². The van der Waals surface area contributed by atoms with Crippen molar-refractivity contribution in [3.05, 3.63) is 65.2 Å². The Morgan fingerprint density at radius 3 is 2.21 bits per heavy atom. The van der Waals surface area contributed by atoms with Gasteiger partial charge in [-0.05, 0) is 42.0 Å². The standard InChI is InChI=1S/C19H18O5/c1-22-15-9-11-18(23-2)16(12-15)17(20)10-6-13-4-7-14(8-5-13)19(21)24-3/h4-12H,1-3H3. The molecule has 0 aromatic heterocycles. The molecule has 2 aromatic carbocycles. The van der Waals surface area contributed by atoms with Crippen molar-refractivity contribution < 1.29 is 23.8 Å². The molecule has 0 N–H and O–H groups in total. The highest BCUT2D eigenvalue weighted by molar-refractivity contribution is 6.09. The number of benzene rings is 2. The van der Waals surface area contributed by atoms with Crippen molar-refractivity contribution in [1.29, 1.82) is 0 Å². The quantitative estimate of drug-likeness (QED) is 0.462. The van der Waals surface area contributed by atoms with E-state index in [-0.39, 0.29) is 5.78 Å². The van der Waals surface area contributed by atoms with Gasteiger partial charge in [-0.1, -0.05) is 18.2 Å². The fourth-order valence-corrected chi connectivity index (χ4v) is 2.12. The van der Waals surface area contributed by atoms with E-state index < -0.39 is 5.97 Å². The SMILES string of the molecule is COC(=O)c1ccc(C=CC(=O)c2cc(OC)ccc2OC)cc1. The number of esters is 1. The molecule has 0 aliphatic rings. The number of ketones is 1. The van der Waals surface area contributed by atoms with Crippen molar-refractivity contribution in [2.75, 3.05) is 21.3 Å². The first-order valence-corrected chi connectivity index (χ1v) is 7.22. The van der Waals surface area contributed by atoms with Crippen molar-refractivity contribution in [3.8, 4) is 11.5 Å². The summed E-state index contributed by atoms with van der Waals surface area (Å²) in [6, 6.07) is 11.8. The minimum Gasteiger partial charge on any atom is -0.497 e. The second-order valence-electron chi connectivity index (χ2n) is 4.88. The zero-order valence-corrected chi connectivity index (χ0v) is 13.7. The Hall–Kier alpha value is -3.08. The Labute approximate surface area is 140 Å². The van der Waals surface area contributed by atoms with Crippen molar-refractivity contribution in [1.82, 2.24) is 0 Å². The van der Waals surface area contributed by atoms with Gasteiger partial charge in [0, 0.05) is 0 Å². The molecule has 0 saturated heterocycles. The first-order chi connectivity index (χ1) is 11.6. The van der Waals surface area contributed by atoms with Crippen LogP contribution in [0.25, 0.3) is 6.08 Å². The first-order valence-electron chi connectivity index (χ1n) is 7.22. The van der Waals surface area contributed by atoms with Crippen molar-refractivity contribution in [2.24, 2.45) is 0 Å². The van der Waals surface area contributed by atoms with Crippen LogP contribution in [0.3, 0.4) is 0 Å². The van der Waals surface area contributed by atoms with E-state index in [0.717, 1.165) is 5.56 Å². The Morgan fingerprint density at radius 2 is 1.62 bits per heavy atom. The molecule has 0 heterocycles. The van der Waals surface area contributed by atoms with E-state index in [2.05, 4.69) is 4.74 Å². The molecule has 0 bridgehead atoms. The highest BCUT2D eigenvalue weighted by Gasteiger charge is 2.11. The predicted molar refractivity (Wildman–Crippen MR) is 90.7 cm³/mol. The van der Waals surface area contributed by atoms with Crippen LogP contribution in [0.1, 0.15) is 26.3 Å². The van der Waals surface area contributed by atoms with Gasteiger partial charge in [0.1, 0.15) is 11.5 Å². The number of allylic oxidation sites excluding steroid dienone is 1. The van der Waals surface area contributed by atoms with Gasteiger partial charge in [0.15, 0.2) is 5.78 Å². The molecule has 0 fully saturated rings. The summed E-state index contributed by atoms with van der Waals surface area (Å²) in [4.78, 5) is 23.8. The molecule has 0 unspecified atom stereocenters. The summed E-state index contributed by atoms with van der Waals surface area (Å²) < 4.78 is 15.0. The first kappa shape index (κ1) is 17.3. The fraction of sp³-hybridized carbons (Fsp3) is 0.158. The summed E-state index contributed by atoms with van der Waals surface area (Å²) in [6.45, 7) is 0. The predicted octanol–water partition coefficient (Wildman–Crippen LogP) is 3.39. The molecule has 5 heteroatoms. The Kier molecular flexibility index (Phi) is 5.73. The van der Waals surface area contributed by atoms with Crippen LogP contribution in [0, 0.1) is 0 Å².